The van der Waals surface area contributed by atoms with Gasteiger partial charge in [-0.05, 0) is 43.0 Å². The molecule has 7 heteroatoms. The van der Waals surface area contributed by atoms with Crippen LogP contribution in [0.15, 0.2) is 41.8 Å². The quantitative estimate of drug-likeness (QED) is 0.687. The summed E-state index contributed by atoms with van der Waals surface area (Å²) in [7, 11) is 0. The lowest BCUT2D eigenvalue weighted by molar-refractivity contribution is -0.917. The van der Waals surface area contributed by atoms with Gasteiger partial charge in [0, 0.05) is 18.2 Å². The Kier molecular flexibility index (Phi) is 7.06. The van der Waals surface area contributed by atoms with Gasteiger partial charge in [-0.15, -0.1) is 11.3 Å². The highest BCUT2D eigenvalue weighted by Gasteiger charge is 2.24. The Bertz CT molecular complexity index is 766. The van der Waals surface area contributed by atoms with E-state index >= 15 is 0 Å². The number of hydrogen-bond donors (Lipinski definition) is 3. The number of thiophene rings is 1. The zero-order valence-electron chi connectivity index (χ0n) is 16.5. The van der Waals surface area contributed by atoms with E-state index in [4.69, 9.17) is 0 Å². The van der Waals surface area contributed by atoms with Gasteiger partial charge in [-0.25, -0.2) is 4.79 Å². The van der Waals surface area contributed by atoms with Crippen LogP contribution in [0, 0.1) is 0 Å². The topological polar surface area (TPSA) is 65.9 Å². The first-order chi connectivity index (χ1) is 13.5. The SMILES string of the molecule is CC(C)NC(=O)NCc1ccc(C(=O)N2CC[NH+](Cc3cccs3)CC2)cc1. The van der Waals surface area contributed by atoms with Crippen molar-refractivity contribution in [2.24, 2.45) is 0 Å². The highest BCUT2D eigenvalue weighted by atomic mass is 32.1. The van der Waals surface area contributed by atoms with E-state index in [0.29, 0.717) is 12.1 Å². The third kappa shape index (κ3) is 5.81. The van der Waals surface area contributed by atoms with E-state index in [9.17, 15) is 9.59 Å². The van der Waals surface area contributed by atoms with Crippen LogP contribution in [0.1, 0.15) is 34.6 Å². The van der Waals surface area contributed by atoms with Crippen molar-refractivity contribution in [2.75, 3.05) is 26.2 Å². The zero-order chi connectivity index (χ0) is 19.9. The number of carbonyl (C=O) groups excluding carboxylic acids is 2. The van der Waals surface area contributed by atoms with Gasteiger partial charge in [0.05, 0.1) is 31.1 Å². The Labute approximate surface area is 170 Å². The van der Waals surface area contributed by atoms with Gasteiger partial charge in [0.2, 0.25) is 0 Å². The summed E-state index contributed by atoms with van der Waals surface area (Å²) in [6.07, 6.45) is 0. The average molecular weight is 402 g/mol. The van der Waals surface area contributed by atoms with E-state index in [1.807, 2.05) is 43.0 Å². The van der Waals surface area contributed by atoms with Crippen molar-refractivity contribution in [1.29, 1.82) is 0 Å². The van der Waals surface area contributed by atoms with E-state index in [-0.39, 0.29) is 18.0 Å². The number of amides is 3. The highest BCUT2D eigenvalue weighted by molar-refractivity contribution is 7.09. The maximum absolute atomic E-state index is 12.8. The summed E-state index contributed by atoms with van der Waals surface area (Å²) in [4.78, 5) is 29.3. The molecule has 6 nitrogen and oxygen atoms in total. The summed E-state index contributed by atoms with van der Waals surface area (Å²) >= 11 is 1.80. The first kappa shape index (κ1) is 20.4. The molecule has 1 aromatic carbocycles. The number of piperazine rings is 1. The van der Waals surface area contributed by atoms with Crippen LogP contribution in [-0.4, -0.2) is 49.1 Å². The molecule has 0 saturated carbocycles. The lowest BCUT2D eigenvalue weighted by atomic mass is 10.1. The van der Waals surface area contributed by atoms with Crippen LogP contribution in [0.4, 0.5) is 4.79 Å². The predicted molar refractivity (Wildman–Crippen MR) is 112 cm³/mol. The van der Waals surface area contributed by atoms with E-state index in [1.54, 1.807) is 11.3 Å². The minimum Gasteiger partial charge on any atom is -0.336 e. The number of carbonyl (C=O) groups is 2. The van der Waals surface area contributed by atoms with Gasteiger partial charge in [-0.3, -0.25) is 4.79 Å². The van der Waals surface area contributed by atoms with Gasteiger partial charge in [0.15, 0.2) is 0 Å². The number of benzene rings is 1. The van der Waals surface area contributed by atoms with Crippen LogP contribution in [0.25, 0.3) is 0 Å². The zero-order valence-corrected chi connectivity index (χ0v) is 17.3. The van der Waals surface area contributed by atoms with E-state index in [0.717, 1.165) is 38.3 Å². The fourth-order valence-electron chi connectivity index (χ4n) is 3.31. The number of hydrogen-bond acceptors (Lipinski definition) is 3. The van der Waals surface area contributed by atoms with Gasteiger partial charge in [-0.2, -0.15) is 0 Å². The Morgan fingerprint density at radius 2 is 1.86 bits per heavy atom. The third-order valence-electron chi connectivity index (χ3n) is 4.84. The van der Waals surface area contributed by atoms with Crippen molar-refractivity contribution in [3.05, 3.63) is 57.8 Å². The Morgan fingerprint density at radius 3 is 2.46 bits per heavy atom. The summed E-state index contributed by atoms with van der Waals surface area (Å²) in [6, 6.07) is 11.7. The summed E-state index contributed by atoms with van der Waals surface area (Å²) in [6.45, 7) is 8.88. The molecule has 3 rings (SSSR count). The second-order valence-corrected chi connectivity index (χ2v) is 8.51. The number of urea groups is 1. The molecule has 2 heterocycles. The van der Waals surface area contributed by atoms with Crippen LogP contribution in [0.2, 0.25) is 0 Å². The first-order valence-electron chi connectivity index (χ1n) is 9.80. The van der Waals surface area contributed by atoms with Crippen molar-refractivity contribution < 1.29 is 14.5 Å². The van der Waals surface area contributed by atoms with Crippen LogP contribution < -0.4 is 15.5 Å². The molecule has 0 spiro atoms. The first-order valence-corrected chi connectivity index (χ1v) is 10.7. The summed E-state index contributed by atoms with van der Waals surface area (Å²) in [5.74, 6) is 0.0900. The molecule has 28 heavy (non-hydrogen) atoms. The van der Waals surface area contributed by atoms with Crippen molar-refractivity contribution in [2.45, 2.75) is 33.0 Å². The van der Waals surface area contributed by atoms with Crippen molar-refractivity contribution in [3.63, 3.8) is 0 Å². The maximum Gasteiger partial charge on any atom is 0.315 e. The molecule has 3 N–H and O–H groups in total. The molecule has 0 unspecified atom stereocenters. The Hall–Kier alpha value is -2.38. The average Bonchev–Trinajstić information content (AvgIpc) is 3.19. The van der Waals surface area contributed by atoms with Crippen LogP contribution >= 0.6 is 11.3 Å². The normalized spacial score (nSPS) is 14.9. The molecule has 1 aromatic heterocycles. The lowest BCUT2D eigenvalue weighted by Gasteiger charge is -2.32. The fourth-order valence-corrected chi connectivity index (χ4v) is 4.08. The molecule has 3 amide bonds. The van der Waals surface area contributed by atoms with Gasteiger partial charge in [0.1, 0.15) is 6.54 Å². The minimum atomic E-state index is -0.182. The van der Waals surface area contributed by atoms with Gasteiger partial charge in [-0.1, -0.05) is 18.2 Å². The van der Waals surface area contributed by atoms with Gasteiger partial charge < -0.3 is 20.4 Å². The minimum absolute atomic E-state index is 0.0900. The van der Waals surface area contributed by atoms with Crippen LogP contribution in [0.5, 0.6) is 0 Å². The second-order valence-electron chi connectivity index (χ2n) is 7.48. The summed E-state index contributed by atoms with van der Waals surface area (Å²) in [5, 5.41) is 7.72. The molecule has 0 aliphatic carbocycles. The van der Waals surface area contributed by atoms with Crippen molar-refractivity contribution >= 4 is 23.3 Å². The molecule has 1 fully saturated rings. The molecule has 1 aliphatic rings. The van der Waals surface area contributed by atoms with Crippen LogP contribution in [-0.2, 0) is 13.1 Å². The largest absolute Gasteiger partial charge is 0.336 e. The molecular formula is C21H29N4O2S+. The number of rotatable bonds is 6. The molecule has 150 valence electrons. The monoisotopic (exact) mass is 401 g/mol. The Balaban J connectivity index is 1.46. The number of quaternary nitrogens is 1. The smallest absolute Gasteiger partial charge is 0.315 e. The van der Waals surface area contributed by atoms with E-state index in [1.165, 1.54) is 9.78 Å². The highest BCUT2D eigenvalue weighted by Crippen LogP contribution is 2.09. The maximum atomic E-state index is 12.8. The Morgan fingerprint density at radius 1 is 1.14 bits per heavy atom. The summed E-state index contributed by atoms with van der Waals surface area (Å²) < 4.78 is 0. The predicted octanol–water partition coefficient (Wildman–Crippen LogP) is 1.50. The third-order valence-corrected chi connectivity index (χ3v) is 5.71. The van der Waals surface area contributed by atoms with Gasteiger partial charge >= 0.3 is 6.03 Å². The number of nitrogens with one attached hydrogen (secondary N) is 3. The molecule has 1 aliphatic heterocycles. The van der Waals surface area contributed by atoms with Crippen molar-refractivity contribution in [1.82, 2.24) is 15.5 Å². The van der Waals surface area contributed by atoms with Gasteiger partial charge in [0.25, 0.3) is 5.91 Å². The second kappa shape index (κ2) is 9.71. The lowest BCUT2D eigenvalue weighted by Crippen LogP contribution is -3.13. The fraction of sp³-hybridized carbons (Fsp3) is 0.429. The molecule has 0 radical (unpaired) electrons. The standard InChI is InChI=1S/C21H28N4O2S/c1-16(2)23-21(27)22-14-17-5-7-18(8-6-17)20(26)25-11-9-24(10-12-25)15-19-4-3-13-28-19/h3-8,13,16H,9-12,14-15H2,1-2H3,(H2,22,23,27)/p+1. The van der Waals surface area contributed by atoms with E-state index < -0.39 is 0 Å². The van der Waals surface area contributed by atoms with E-state index in [2.05, 4.69) is 28.1 Å². The summed E-state index contributed by atoms with van der Waals surface area (Å²) in [5.41, 5.74) is 1.68. The van der Waals surface area contributed by atoms with Crippen molar-refractivity contribution in [3.8, 4) is 0 Å². The molecule has 1 saturated heterocycles. The molecule has 0 atom stereocenters. The van der Waals surface area contributed by atoms with Crippen LogP contribution in [0.3, 0.4) is 0 Å². The molecule has 0 bridgehead atoms. The number of nitrogens with zero attached hydrogens (tertiary/aromatic N) is 1. The molecular weight excluding hydrogens is 372 g/mol. The molecule has 2 aromatic rings.